The van der Waals surface area contributed by atoms with Gasteiger partial charge in [-0.2, -0.15) is 0 Å². The van der Waals surface area contributed by atoms with E-state index < -0.39 is 6.09 Å². The van der Waals surface area contributed by atoms with E-state index >= 15 is 0 Å². The van der Waals surface area contributed by atoms with E-state index in [4.69, 9.17) is 0 Å². The third-order valence-corrected chi connectivity index (χ3v) is 3.19. The molecular weight excluding hydrogens is 266 g/mol. The molecule has 110 valence electrons. The highest BCUT2D eigenvalue weighted by molar-refractivity contribution is 5.84. The molecule has 2 rings (SSSR count). The van der Waals surface area contributed by atoms with Crippen molar-refractivity contribution in [2.75, 3.05) is 17.7 Å². The molecule has 2 aromatic rings. The van der Waals surface area contributed by atoms with Crippen LogP contribution >= 0.6 is 0 Å². The number of hydrogen-bond donors (Lipinski definition) is 2. The average molecular weight is 285 g/mol. The van der Waals surface area contributed by atoms with E-state index in [1.54, 1.807) is 12.3 Å². The van der Waals surface area contributed by atoms with Crippen LogP contribution in [0.1, 0.15) is 18.1 Å². The van der Waals surface area contributed by atoms with Gasteiger partial charge in [-0.05, 0) is 36.6 Å². The topological polar surface area (TPSA) is 63.2 Å². The molecule has 1 heterocycles. The van der Waals surface area contributed by atoms with Crippen molar-refractivity contribution in [1.82, 2.24) is 4.98 Å². The van der Waals surface area contributed by atoms with Gasteiger partial charge in [0.2, 0.25) is 0 Å². The Morgan fingerprint density at radius 1 is 1.29 bits per heavy atom. The van der Waals surface area contributed by atoms with Gasteiger partial charge in [0.1, 0.15) is 5.82 Å². The zero-order valence-corrected chi connectivity index (χ0v) is 12.4. The molecule has 0 fully saturated rings. The van der Waals surface area contributed by atoms with Gasteiger partial charge in [-0.3, -0.25) is 5.32 Å². The van der Waals surface area contributed by atoms with Gasteiger partial charge in [0.25, 0.3) is 0 Å². The molecule has 0 radical (unpaired) electrons. The number of amides is 1. The Morgan fingerprint density at radius 3 is 2.71 bits per heavy atom. The number of carbonyl (C=O) groups excluding carboxylic acids is 1. The molecule has 0 bridgehead atoms. The van der Waals surface area contributed by atoms with Crippen LogP contribution in [0, 0.1) is 6.92 Å². The zero-order valence-electron chi connectivity index (χ0n) is 12.4. The second-order valence-electron chi connectivity index (χ2n) is 4.64. The van der Waals surface area contributed by atoms with E-state index in [9.17, 15) is 4.79 Å². The summed E-state index contributed by atoms with van der Waals surface area (Å²) in [5.74, 6) is 0.731. The molecule has 5 heteroatoms. The van der Waals surface area contributed by atoms with Crippen molar-refractivity contribution in [1.29, 1.82) is 0 Å². The lowest BCUT2D eigenvalue weighted by molar-refractivity contribution is 0.187. The summed E-state index contributed by atoms with van der Waals surface area (Å²) >= 11 is 0. The number of benzene rings is 1. The molecule has 0 atom stereocenters. The molecule has 2 N–H and O–H groups in total. The van der Waals surface area contributed by atoms with Crippen molar-refractivity contribution in [2.45, 2.75) is 20.3 Å². The smallest absolute Gasteiger partial charge is 0.411 e. The van der Waals surface area contributed by atoms with Gasteiger partial charge in [-0.25, -0.2) is 9.78 Å². The molecule has 0 saturated heterocycles. The molecule has 1 aromatic carbocycles. The van der Waals surface area contributed by atoms with E-state index in [2.05, 4.69) is 52.4 Å². The summed E-state index contributed by atoms with van der Waals surface area (Å²) in [7, 11) is 1.32. The summed E-state index contributed by atoms with van der Waals surface area (Å²) in [5, 5.41) is 5.90. The third kappa shape index (κ3) is 3.72. The lowest BCUT2D eigenvalue weighted by Gasteiger charge is -2.13. The van der Waals surface area contributed by atoms with Gasteiger partial charge in [0.15, 0.2) is 0 Å². The molecule has 1 amide bonds. The van der Waals surface area contributed by atoms with Crippen LogP contribution in [0.2, 0.25) is 0 Å². The van der Waals surface area contributed by atoms with Gasteiger partial charge in [0, 0.05) is 5.69 Å². The minimum Gasteiger partial charge on any atom is -0.453 e. The Morgan fingerprint density at radius 2 is 2.10 bits per heavy atom. The fourth-order valence-electron chi connectivity index (χ4n) is 2.04. The van der Waals surface area contributed by atoms with Crippen molar-refractivity contribution in [3.63, 3.8) is 0 Å². The number of pyridine rings is 1. The van der Waals surface area contributed by atoms with Gasteiger partial charge in [-0.1, -0.05) is 25.1 Å². The number of nitrogens with zero attached hydrogens (tertiary/aromatic N) is 1. The van der Waals surface area contributed by atoms with Crippen LogP contribution in [-0.2, 0) is 11.2 Å². The molecule has 21 heavy (non-hydrogen) atoms. The largest absolute Gasteiger partial charge is 0.453 e. The maximum absolute atomic E-state index is 11.1. The highest BCUT2D eigenvalue weighted by Crippen LogP contribution is 2.24. The number of carbonyl (C=O) groups is 1. The van der Waals surface area contributed by atoms with Crippen LogP contribution < -0.4 is 10.6 Å². The highest BCUT2D eigenvalue weighted by Gasteiger charge is 2.06. The minimum absolute atomic E-state index is 0.510. The molecule has 0 aliphatic heterocycles. The monoisotopic (exact) mass is 285 g/mol. The van der Waals surface area contributed by atoms with Crippen LogP contribution in [0.25, 0.3) is 0 Å². The normalized spacial score (nSPS) is 10.0. The predicted octanol–water partition coefficient (Wildman–Crippen LogP) is 3.87. The van der Waals surface area contributed by atoms with Gasteiger partial charge in [-0.15, -0.1) is 0 Å². The van der Waals surface area contributed by atoms with Crippen molar-refractivity contribution in [2.24, 2.45) is 0 Å². The fraction of sp³-hybridized carbons (Fsp3) is 0.250. The number of methoxy groups -OCH3 is 1. The lowest BCUT2D eigenvalue weighted by atomic mass is 10.1. The second-order valence-corrected chi connectivity index (χ2v) is 4.64. The molecular formula is C16H19N3O2. The number of hydrogen-bond acceptors (Lipinski definition) is 4. The van der Waals surface area contributed by atoms with E-state index in [1.165, 1.54) is 18.2 Å². The predicted molar refractivity (Wildman–Crippen MR) is 84.1 cm³/mol. The number of anilines is 3. The van der Waals surface area contributed by atoms with E-state index in [0.29, 0.717) is 5.69 Å². The van der Waals surface area contributed by atoms with Crippen molar-refractivity contribution in [3.05, 3.63) is 47.7 Å². The average Bonchev–Trinajstić information content (AvgIpc) is 2.51. The van der Waals surface area contributed by atoms with Crippen LogP contribution in [-0.4, -0.2) is 18.2 Å². The Hall–Kier alpha value is -2.56. The summed E-state index contributed by atoms with van der Waals surface area (Å²) in [6.45, 7) is 4.19. The quantitative estimate of drug-likeness (QED) is 0.895. The zero-order chi connectivity index (χ0) is 15.2. The molecule has 0 spiro atoms. The molecule has 1 aromatic heterocycles. The van der Waals surface area contributed by atoms with Crippen molar-refractivity contribution in [3.8, 4) is 0 Å². The second kappa shape index (κ2) is 6.74. The third-order valence-electron chi connectivity index (χ3n) is 3.19. The first-order chi connectivity index (χ1) is 10.1. The molecule has 5 nitrogen and oxygen atoms in total. The molecule has 0 aliphatic carbocycles. The summed E-state index contributed by atoms with van der Waals surface area (Å²) < 4.78 is 4.53. The SMILES string of the molecule is CCc1cccc(C)c1Nc1ccc(NC(=O)OC)cn1. The lowest BCUT2D eigenvalue weighted by Crippen LogP contribution is -2.11. The highest BCUT2D eigenvalue weighted by atomic mass is 16.5. The minimum atomic E-state index is -0.510. The maximum atomic E-state index is 11.1. The standard InChI is InChI=1S/C16H19N3O2/c1-4-12-7-5-6-11(2)15(12)19-14-9-8-13(10-17-14)18-16(20)21-3/h5-10H,4H2,1-3H3,(H,17,19)(H,18,20). The van der Waals surface area contributed by atoms with Crippen LogP contribution in [0.5, 0.6) is 0 Å². The fourth-order valence-corrected chi connectivity index (χ4v) is 2.04. The first-order valence-corrected chi connectivity index (χ1v) is 6.80. The van der Waals surface area contributed by atoms with Gasteiger partial charge >= 0.3 is 6.09 Å². The molecule has 0 aliphatic rings. The molecule has 0 saturated carbocycles. The van der Waals surface area contributed by atoms with E-state index in [-0.39, 0.29) is 0 Å². The van der Waals surface area contributed by atoms with Crippen LogP contribution in [0.4, 0.5) is 22.0 Å². The Balaban J connectivity index is 2.16. The summed E-state index contributed by atoms with van der Waals surface area (Å²) in [6.07, 6.45) is 2.03. The van der Waals surface area contributed by atoms with Gasteiger partial charge in [0.05, 0.1) is 19.0 Å². The first-order valence-electron chi connectivity index (χ1n) is 6.80. The Bertz CT molecular complexity index is 624. The summed E-state index contributed by atoms with van der Waals surface area (Å²) in [6, 6.07) is 9.81. The number of rotatable bonds is 4. The molecule has 0 unspecified atom stereocenters. The summed E-state index contributed by atoms with van der Waals surface area (Å²) in [4.78, 5) is 15.4. The maximum Gasteiger partial charge on any atom is 0.411 e. The summed E-state index contributed by atoms with van der Waals surface area (Å²) in [5.41, 5.74) is 4.09. The van der Waals surface area contributed by atoms with Crippen LogP contribution in [0.15, 0.2) is 36.5 Å². The van der Waals surface area contributed by atoms with Crippen molar-refractivity contribution < 1.29 is 9.53 Å². The number of para-hydroxylation sites is 1. The number of aryl methyl sites for hydroxylation is 2. The first kappa shape index (κ1) is 14.8. The Labute approximate surface area is 124 Å². The Kier molecular flexibility index (Phi) is 4.77. The van der Waals surface area contributed by atoms with Gasteiger partial charge < -0.3 is 10.1 Å². The van der Waals surface area contributed by atoms with E-state index in [1.807, 2.05) is 6.07 Å². The van der Waals surface area contributed by atoms with Crippen LogP contribution in [0.3, 0.4) is 0 Å². The number of ether oxygens (including phenoxy) is 1. The number of aromatic nitrogens is 1. The number of nitrogens with one attached hydrogen (secondary N) is 2. The van der Waals surface area contributed by atoms with E-state index in [0.717, 1.165) is 17.9 Å². The van der Waals surface area contributed by atoms with Crippen molar-refractivity contribution >= 4 is 23.3 Å².